The summed E-state index contributed by atoms with van der Waals surface area (Å²) in [6, 6.07) is 9.22. The highest BCUT2D eigenvalue weighted by molar-refractivity contribution is 5.97. The van der Waals surface area contributed by atoms with Gasteiger partial charge in [0.25, 0.3) is 5.91 Å². The number of nitrogens with one attached hydrogen (secondary N) is 1. The highest BCUT2D eigenvalue weighted by Crippen LogP contribution is 2.24. The minimum atomic E-state index is -0.938. The van der Waals surface area contributed by atoms with Crippen LogP contribution in [0.3, 0.4) is 0 Å². The predicted molar refractivity (Wildman–Crippen MR) is 113 cm³/mol. The van der Waals surface area contributed by atoms with Crippen molar-refractivity contribution in [1.82, 2.24) is 0 Å². The van der Waals surface area contributed by atoms with Crippen LogP contribution in [0.15, 0.2) is 36.4 Å². The summed E-state index contributed by atoms with van der Waals surface area (Å²) in [6.07, 6.45) is 1.90. The first kappa shape index (κ1) is 22.0. The third-order valence-electron chi connectivity index (χ3n) is 4.37. The monoisotopic (exact) mass is 397 g/mol. The molecule has 0 saturated heterocycles. The zero-order valence-corrected chi connectivity index (χ0v) is 17.7. The van der Waals surface area contributed by atoms with Crippen molar-refractivity contribution >= 4 is 23.6 Å². The second-order valence-corrected chi connectivity index (χ2v) is 6.82. The van der Waals surface area contributed by atoms with Gasteiger partial charge in [0.1, 0.15) is 11.5 Å². The Morgan fingerprint density at radius 3 is 2.00 bits per heavy atom. The van der Waals surface area contributed by atoms with Crippen LogP contribution in [-0.4, -0.2) is 32.2 Å². The number of benzene rings is 2. The van der Waals surface area contributed by atoms with Gasteiger partial charge >= 0.3 is 5.97 Å². The lowest BCUT2D eigenvalue weighted by Gasteiger charge is -2.16. The zero-order chi connectivity index (χ0) is 21.6. The number of carbonyl (C=O) groups is 2. The summed E-state index contributed by atoms with van der Waals surface area (Å²) in [5.41, 5.74) is 4.49. The van der Waals surface area contributed by atoms with Crippen molar-refractivity contribution in [2.45, 2.75) is 33.8 Å². The predicted octanol–water partition coefficient (Wildman–Crippen LogP) is 4.21. The first-order chi connectivity index (χ1) is 13.7. The summed E-state index contributed by atoms with van der Waals surface area (Å²) in [4.78, 5) is 24.6. The Balaban J connectivity index is 2.02. The smallest absolute Gasteiger partial charge is 0.331 e. The van der Waals surface area contributed by atoms with Crippen molar-refractivity contribution < 1.29 is 23.8 Å². The van der Waals surface area contributed by atoms with Crippen LogP contribution >= 0.6 is 0 Å². The van der Waals surface area contributed by atoms with Gasteiger partial charge in [0, 0.05) is 17.8 Å². The highest BCUT2D eigenvalue weighted by Gasteiger charge is 2.18. The van der Waals surface area contributed by atoms with E-state index in [4.69, 9.17) is 14.2 Å². The number of amides is 1. The third kappa shape index (κ3) is 6.10. The minimum absolute atomic E-state index is 0.384. The van der Waals surface area contributed by atoms with Gasteiger partial charge in [-0.05, 0) is 62.6 Å². The Hall–Kier alpha value is -3.28. The number of anilines is 1. The molecule has 0 aliphatic carbocycles. The maximum atomic E-state index is 12.4. The average molecular weight is 397 g/mol. The Morgan fingerprint density at radius 2 is 1.48 bits per heavy atom. The molecule has 0 radical (unpaired) electrons. The quantitative estimate of drug-likeness (QED) is 0.560. The van der Waals surface area contributed by atoms with Gasteiger partial charge in [-0.3, -0.25) is 4.79 Å². The first-order valence-electron chi connectivity index (χ1n) is 9.24. The molecular formula is C23H27NO5. The fourth-order valence-electron chi connectivity index (χ4n) is 2.96. The molecule has 1 amide bonds. The van der Waals surface area contributed by atoms with Crippen LogP contribution in [0.5, 0.6) is 11.5 Å². The average Bonchev–Trinajstić information content (AvgIpc) is 2.68. The van der Waals surface area contributed by atoms with Crippen LogP contribution in [0, 0.1) is 20.8 Å². The van der Waals surface area contributed by atoms with Crippen LogP contribution in [0.4, 0.5) is 5.69 Å². The van der Waals surface area contributed by atoms with Gasteiger partial charge in [-0.15, -0.1) is 0 Å². The van der Waals surface area contributed by atoms with Gasteiger partial charge in [-0.2, -0.15) is 0 Å². The number of aryl methyl sites for hydroxylation is 3. The molecule has 2 aromatic rings. The van der Waals surface area contributed by atoms with Crippen molar-refractivity contribution in [2.24, 2.45) is 0 Å². The molecule has 1 N–H and O–H groups in total. The summed E-state index contributed by atoms with van der Waals surface area (Å²) < 4.78 is 15.6. The molecule has 0 aromatic heterocycles. The minimum Gasteiger partial charge on any atom is -0.497 e. The van der Waals surface area contributed by atoms with Gasteiger partial charge in [0.15, 0.2) is 6.10 Å². The van der Waals surface area contributed by atoms with E-state index in [1.54, 1.807) is 38.5 Å². The van der Waals surface area contributed by atoms with Crippen LogP contribution in [0.1, 0.15) is 29.2 Å². The summed E-state index contributed by atoms with van der Waals surface area (Å²) in [5.74, 6) is 0.208. The van der Waals surface area contributed by atoms with E-state index >= 15 is 0 Å². The maximum Gasteiger partial charge on any atom is 0.331 e. The topological polar surface area (TPSA) is 73.9 Å². The Labute approximate surface area is 171 Å². The van der Waals surface area contributed by atoms with Crippen LogP contribution in [0.2, 0.25) is 0 Å². The Bertz CT molecular complexity index is 888. The van der Waals surface area contributed by atoms with Crippen LogP contribution < -0.4 is 14.8 Å². The second-order valence-electron chi connectivity index (χ2n) is 6.82. The van der Waals surface area contributed by atoms with Crippen molar-refractivity contribution in [3.63, 3.8) is 0 Å². The lowest BCUT2D eigenvalue weighted by Crippen LogP contribution is -2.30. The molecule has 0 unspecified atom stereocenters. The molecular weight excluding hydrogens is 370 g/mol. The number of esters is 1. The molecule has 0 aliphatic heterocycles. The molecule has 6 nitrogen and oxygen atoms in total. The van der Waals surface area contributed by atoms with Gasteiger partial charge in [-0.25, -0.2) is 4.79 Å². The molecule has 0 spiro atoms. The van der Waals surface area contributed by atoms with Crippen molar-refractivity contribution in [1.29, 1.82) is 0 Å². The fraction of sp³-hybridized carbons (Fsp3) is 0.304. The van der Waals surface area contributed by atoms with Crippen molar-refractivity contribution in [3.05, 3.63) is 58.7 Å². The van der Waals surface area contributed by atoms with Gasteiger partial charge in [0.2, 0.25) is 0 Å². The number of rotatable bonds is 7. The number of methoxy groups -OCH3 is 2. The zero-order valence-electron chi connectivity index (χ0n) is 17.7. The van der Waals surface area contributed by atoms with E-state index in [0.717, 1.165) is 22.4 Å². The van der Waals surface area contributed by atoms with E-state index in [9.17, 15) is 9.59 Å². The molecule has 0 saturated carbocycles. The summed E-state index contributed by atoms with van der Waals surface area (Å²) >= 11 is 0. The third-order valence-corrected chi connectivity index (χ3v) is 4.37. The van der Waals surface area contributed by atoms with Crippen molar-refractivity contribution in [3.8, 4) is 11.5 Å². The Kier molecular flexibility index (Phi) is 7.42. The molecule has 0 heterocycles. The molecule has 2 rings (SSSR count). The molecule has 0 fully saturated rings. The summed E-state index contributed by atoms with van der Waals surface area (Å²) in [7, 11) is 3.10. The highest BCUT2D eigenvalue weighted by atomic mass is 16.5. The summed E-state index contributed by atoms with van der Waals surface area (Å²) in [6.45, 7) is 7.39. The molecule has 154 valence electrons. The SMILES string of the molecule is COc1cc(/C=C/C(=O)O[C@H](C)C(=O)Nc2c(C)cc(C)cc2C)cc(OC)c1. The van der Waals surface area contributed by atoms with Gasteiger partial charge in [0.05, 0.1) is 14.2 Å². The van der Waals surface area contributed by atoms with E-state index in [2.05, 4.69) is 5.32 Å². The normalized spacial score (nSPS) is 11.8. The first-order valence-corrected chi connectivity index (χ1v) is 9.24. The lowest BCUT2D eigenvalue weighted by atomic mass is 10.0. The fourth-order valence-corrected chi connectivity index (χ4v) is 2.96. The van der Waals surface area contributed by atoms with Gasteiger partial charge < -0.3 is 19.5 Å². The molecule has 2 aromatic carbocycles. The van der Waals surface area contributed by atoms with Gasteiger partial charge in [-0.1, -0.05) is 17.7 Å². The Morgan fingerprint density at radius 1 is 0.931 bits per heavy atom. The second kappa shape index (κ2) is 9.78. The molecule has 0 aliphatic rings. The van der Waals surface area contributed by atoms with Crippen molar-refractivity contribution in [2.75, 3.05) is 19.5 Å². The standard InChI is InChI=1S/C23H27NO5/c1-14-9-15(2)22(16(3)10-14)24-23(26)17(4)29-21(25)8-7-18-11-19(27-5)13-20(12-18)28-6/h7-13,17H,1-6H3,(H,24,26)/b8-7+/t17-/m1/s1. The van der Waals surface area contributed by atoms with Crippen LogP contribution in [0.25, 0.3) is 6.08 Å². The van der Waals surface area contributed by atoms with E-state index in [1.165, 1.54) is 13.0 Å². The van der Waals surface area contributed by atoms with E-state index in [1.807, 2.05) is 32.9 Å². The lowest BCUT2D eigenvalue weighted by molar-refractivity contribution is -0.148. The van der Waals surface area contributed by atoms with E-state index in [-0.39, 0.29) is 5.91 Å². The largest absolute Gasteiger partial charge is 0.497 e. The maximum absolute atomic E-state index is 12.4. The van der Waals surface area contributed by atoms with E-state index in [0.29, 0.717) is 17.1 Å². The number of ether oxygens (including phenoxy) is 3. The molecule has 1 atom stereocenters. The van der Waals surface area contributed by atoms with E-state index < -0.39 is 12.1 Å². The number of hydrogen-bond donors (Lipinski definition) is 1. The number of hydrogen-bond acceptors (Lipinski definition) is 5. The number of carbonyl (C=O) groups excluding carboxylic acids is 2. The molecule has 6 heteroatoms. The molecule has 29 heavy (non-hydrogen) atoms. The summed E-state index contributed by atoms with van der Waals surface area (Å²) in [5, 5.41) is 2.84. The molecule has 0 bridgehead atoms. The van der Waals surface area contributed by atoms with Crippen LogP contribution in [-0.2, 0) is 14.3 Å².